The van der Waals surface area contributed by atoms with Crippen LogP contribution in [-0.2, 0) is 6.54 Å². The molecule has 0 aliphatic carbocycles. The molecule has 3 rings (SSSR count). The first-order chi connectivity index (χ1) is 9.36. The average molecular weight is 271 g/mol. The standard InChI is InChI=1S/C16H17NOS/c17-9-12-4-3-5-14(8-12)18-10-13-11-19-16-7-2-1-6-15(13)16/h1-8,13H,9-11,17H2. The summed E-state index contributed by atoms with van der Waals surface area (Å²) in [7, 11) is 0. The van der Waals surface area contributed by atoms with Crippen molar-refractivity contribution >= 4 is 11.8 Å². The highest BCUT2D eigenvalue weighted by atomic mass is 32.2. The third-order valence-electron chi connectivity index (χ3n) is 3.38. The van der Waals surface area contributed by atoms with Gasteiger partial charge in [0.05, 0.1) is 6.61 Å². The molecular formula is C16H17NOS. The first-order valence-electron chi connectivity index (χ1n) is 6.50. The quantitative estimate of drug-likeness (QED) is 0.925. The van der Waals surface area contributed by atoms with Crippen LogP contribution in [0, 0.1) is 0 Å². The van der Waals surface area contributed by atoms with E-state index in [9.17, 15) is 0 Å². The van der Waals surface area contributed by atoms with Crippen LogP contribution >= 0.6 is 11.8 Å². The summed E-state index contributed by atoms with van der Waals surface area (Å²) in [6.07, 6.45) is 0. The number of nitrogens with two attached hydrogens (primary N) is 1. The molecule has 19 heavy (non-hydrogen) atoms. The average Bonchev–Trinajstić information content (AvgIpc) is 2.89. The van der Waals surface area contributed by atoms with E-state index in [0.717, 1.165) is 23.7 Å². The summed E-state index contributed by atoms with van der Waals surface area (Å²) in [5.41, 5.74) is 8.17. The summed E-state index contributed by atoms with van der Waals surface area (Å²) in [6.45, 7) is 1.29. The maximum atomic E-state index is 5.92. The Morgan fingerprint density at radius 2 is 2.05 bits per heavy atom. The number of hydrogen-bond acceptors (Lipinski definition) is 3. The zero-order chi connectivity index (χ0) is 13.1. The molecule has 2 N–H and O–H groups in total. The van der Waals surface area contributed by atoms with E-state index in [4.69, 9.17) is 10.5 Å². The minimum absolute atomic E-state index is 0.489. The minimum atomic E-state index is 0.489. The molecule has 1 aliphatic heterocycles. The van der Waals surface area contributed by atoms with E-state index in [1.54, 1.807) is 0 Å². The number of fused-ring (bicyclic) bond motifs is 1. The van der Waals surface area contributed by atoms with Gasteiger partial charge in [0, 0.05) is 23.1 Å². The summed E-state index contributed by atoms with van der Waals surface area (Å²) in [6, 6.07) is 16.6. The molecule has 2 aromatic rings. The van der Waals surface area contributed by atoms with Gasteiger partial charge in [-0.2, -0.15) is 0 Å². The molecule has 0 bridgehead atoms. The summed E-state index contributed by atoms with van der Waals surface area (Å²) < 4.78 is 5.92. The van der Waals surface area contributed by atoms with Crippen molar-refractivity contribution in [1.29, 1.82) is 0 Å². The Bertz CT molecular complexity index is 570. The number of hydrogen-bond donors (Lipinski definition) is 1. The van der Waals surface area contributed by atoms with Gasteiger partial charge >= 0.3 is 0 Å². The van der Waals surface area contributed by atoms with E-state index >= 15 is 0 Å². The molecule has 98 valence electrons. The topological polar surface area (TPSA) is 35.2 Å². The van der Waals surface area contributed by atoms with Crippen LogP contribution in [0.25, 0.3) is 0 Å². The molecule has 0 amide bonds. The summed E-state index contributed by atoms with van der Waals surface area (Å²) in [5.74, 6) is 2.51. The number of ether oxygens (including phenoxy) is 1. The highest BCUT2D eigenvalue weighted by Crippen LogP contribution is 2.39. The molecule has 1 unspecified atom stereocenters. The monoisotopic (exact) mass is 271 g/mol. The maximum Gasteiger partial charge on any atom is 0.119 e. The second kappa shape index (κ2) is 5.68. The Balaban J connectivity index is 1.67. The number of benzene rings is 2. The Kier molecular flexibility index (Phi) is 3.76. The van der Waals surface area contributed by atoms with Gasteiger partial charge in [-0.25, -0.2) is 0 Å². The third-order valence-corrected chi connectivity index (χ3v) is 4.64. The zero-order valence-electron chi connectivity index (χ0n) is 10.7. The van der Waals surface area contributed by atoms with Crippen LogP contribution in [-0.4, -0.2) is 12.4 Å². The van der Waals surface area contributed by atoms with Crippen LogP contribution < -0.4 is 10.5 Å². The summed E-state index contributed by atoms with van der Waals surface area (Å²) in [5, 5.41) is 0. The lowest BCUT2D eigenvalue weighted by atomic mass is 10.0. The van der Waals surface area contributed by atoms with Crippen LogP contribution in [0.3, 0.4) is 0 Å². The number of rotatable bonds is 4. The minimum Gasteiger partial charge on any atom is -0.493 e. The first kappa shape index (κ1) is 12.6. The number of thioether (sulfide) groups is 1. The van der Waals surface area contributed by atoms with Crippen LogP contribution in [0.2, 0.25) is 0 Å². The van der Waals surface area contributed by atoms with Gasteiger partial charge in [0.2, 0.25) is 0 Å². The highest BCUT2D eigenvalue weighted by molar-refractivity contribution is 7.99. The largest absolute Gasteiger partial charge is 0.493 e. The van der Waals surface area contributed by atoms with Gasteiger partial charge in [-0.3, -0.25) is 0 Å². The van der Waals surface area contributed by atoms with Crippen molar-refractivity contribution in [3.05, 3.63) is 59.7 Å². The fourth-order valence-electron chi connectivity index (χ4n) is 2.33. The Morgan fingerprint density at radius 3 is 2.95 bits per heavy atom. The Labute approximate surface area is 118 Å². The molecule has 0 saturated heterocycles. The van der Waals surface area contributed by atoms with E-state index in [0.29, 0.717) is 12.5 Å². The second-order valence-electron chi connectivity index (χ2n) is 4.71. The van der Waals surface area contributed by atoms with E-state index in [1.165, 1.54) is 10.5 Å². The van der Waals surface area contributed by atoms with Crippen LogP contribution in [0.4, 0.5) is 0 Å². The highest BCUT2D eigenvalue weighted by Gasteiger charge is 2.23. The molecule has 3 heteroatoms. The third kappa shape index (κ3) is 2.77. The fraction of sp³-hybridized carbons (Fsp3) is 0.250. The van der Waals surface area contributed by atoms with Crippen LogP contribution in [0.1, 0.15) is 17.0 Å². The van der Waals surface area contributed by atoms with Gasteiger partial charge in [0.25, 0.3) is 0 Å². The second-order valence-corrected chi connectivity index (χ2v) is 5.77. The van der Waals surface area contributed by atoms with Gasteiger partial charge in [0.1, 0.15) is 5.75 Å². The van der Waals surface area contributed by atoms with E-state index < -0.39 is 0 Å². The lowest BCUT2D eigenvalue weighted by Crippen LogP contribution is -2.10. The van der Waals surface area contributed by atoms with Gasteiger partial charge in [-0.15, -0.1) is 11.8 Å². The van der Waals surface area contributed by atoms with E-state index in [2.05, 4.69) is 24.3 Å². The van der Waals surface area contributed by atoms with E-state index in [1.807, 2.05) is 36.0 Å². The van der Waals surface area contributed by atoms with Gasteiger partial charge in [0.15, 0.2) is 0 Å². The fourth-order valence-corrected chi connectivity index (χ4v) is 3.56. The first-order valence-corrected chi connectivity index (χ1v) is 7.49. The predicted octanol–water partition coefficient (Wildman–Crippen LogP) is 3.41. The molecule has 0 fully saturated rings. The predicted molar refractivity (Wildman–Crippen MR) is 79.7 cm³/mol. The summed E-state index contributed by atoms with van der Waals surface area (Å²) in [4.78, 5) is 1.40. The normalized spacial score (nSPS) is 17.2. The van der Waals surface area contributed by atoms with Crippen molar-refractivity contribution in [3.63, 3.8) is 0 Å². The van der Waals surface area contributed by atoms with Gasteiger partial charge in [-0.1, -0.05) is 30.3 Å². The molecule has 1 atom stereocenters. The maximum absolute atomic E-state index is 5.92. The molecular weight excluding hydrogens is 254 g/mol. The van der Waals surface area contributed by atoms with Crippen molar-refractivity contribution in [3.8, 4) is 5.75 Å². The van der Waals surface area contributed by atoms with Crippen LogP contribution in [0.5, 0.6) is 5.75 Å². The molecule has 0 aromatic heterocycles. The van der Waals surface area contributed by atoms with Crippen molar-refractivity contribution in [2.75, 3.05) is 12.4 Å². The Morgan fingerprint density at radius 1 is 1.16 bits per heavy atom. The van der Waals surface area contributed by atoms with Crippen molar-refractivity contribution in [2.24, 2.45) is 5.73 Å². The SMILES string of the molecule is NCc1cccc(OCC2CSc3ccccc32)c1. The van der Waals surface area contributed by atoms with Crippen molar-refractivity contribution in [1.82, 2.24) is 0 Å². The molecule has 0 radical (unpaired) electrons. The van der Waals surface area contributed by atoms with Crippen molar-refractivity contribution < 1.29 is 4.74 Å². The molecule has 1 heterocycles. The lowest BCUT2D eigenvalue weighted by Gasteiger charge is -2.13. The van der Waals surface area contributed by atoms with E-state index in [-0.39, 0.29) is 0 Å². The molecule has 0 saturated carbocycles. The Hall–Kier alpha value is -1.45. The van der Waals surface area contributed by atoms with Crippen molar-refractivity contribution in [2.45, 2.75) is 17.4 Å². The smallest absolute Gasteiger partial charge is 0.119 e. The molecule has 0 spiro atoms. The molecule has 2 nitrogen and oxygen atoms in total. The molecule has 1 aliphatic rings. The van der Waals surface area contributed by atoms with Gasteiger partial charge in [-0.05, 0) is 29.3 Å². The van der Waals surface area contributed by atoms with Crippen LogP contribution in [0.15, 0.2) is 53.4 Å². The lowest BCUT2D eigenvalue weighted by molar-refractivity contribution is 0.298. The van der Waals surface area contributed by atoms with Gasteiger partial charge < -0.3 is 10.5 Å². The zero-order valence-corrected chi connectivity index (χ0v) is 11.5. The molecule has 2 aromatic carbocycles. The summed E-state index contributed by atoms with van der Waals surface area (Å²) >= 11 is 1.92.